The highest BCUT2D eigenvalue weighted by Crippen LogP contribution is 2.32. The second-order valence-electron chi connectivity index (χ2n) is 8.09. The number of ether oxygens (including phenoxy) is 4. The van der Waals surface area contributed by atoms with Gasteiger partial charge in [0.1, 0.15) is 12.4 Å². The predicted molar refractivity (Wildman–Crippen MR) is 142 cm³/mol. The molecule has 1 aliphatic rings. The minimum Gasteiger partial charge on any atom is -0.494 e. The molecule has 0 saturated carbocycles. The molecule has 0 radical (unpaired) electrons. The van der Waals surface area contributed by atoms with Gasteiger partial charge in [0.25, 0.3) is 5.56 Å². The van der Waals surface area contributed by atoms with E-state index in [0.29, 0.717) is 44.5 Å². The number of rotatable bonds is 9. The van der Waals surface area contributed by atoms with Gasteiger partial charge in [-0.1, -0.05) is 42.2 Å². The van der Waals surface area contributed by atoms with Crippen LogP contribution in [0.5, 0.6) is 17.2 Å². The van der Waals surface area contributed by atoms with Gasteiger partial charge in [-0.05, 0) is 55.3 Å². The number of hydrogen-bond acceptors (Lipinski definition) is 8. The minimum atomic E-state index is -0.711. The number of benzene rings is 2. The molecule has 0 aliphatic carbocycles. The average molecular weight is 521 g/mol. The number of methoxy groups -OCH3 is 2. The largest absolute Gasteiger partial charge is 0.494 e. The van der Waals surface area contributed by atoms with Gasteiger partial charge in [0.05, 0.1) is 42.7 Å². The fourth-order valence-corrected chi connectivity index (χ4v) is 5.16. The first-order chi connectivity index (χ1) is 17.9. The molecule has 2 aromatic carbocycles. The molecule has 0 saturated heterocycles. The van der Waals surface area contributed by atoms with Gasteiger partial charge in [-0.25, -0.2) is 9.79 Å². The molecule has 0 spiro atoms. The lowest BCUT2D eigenvalue weighted by atomic mass is 9.96. The summed E-state index contributed by atoms with van der Waals surface area (Å²) >= 11 is 1.25. The van der Waals surface area contributed by atoms with Gasteiger partial charge in [-0.3, -0.25) is 9.36 Å². The van der Waals surface area contributed by atoms with Crippen LogP contribution in [-0.2, 0) is 9.53 Å². The molecule has 9 heteroatoms. The standard InChI is InChI=1S/C28H28N2O6S/c1-6-14-36-27(32)24-17(3)29-28-30(25(24)19-9-11-20(12-10-19)35-7-2)26(31)23(37-28)16-18-8-13-21(33-4)22(15-18)34-5/h6,8-13,15-16,25H,1,7,14H2,2-5H3/b23-16-. The molecule has 8 nitrogen and oxygen atoms in total. The summed E-state index contributed by atoms with van der Waals surface area (Å²) in [6.45, 7) is 7.85. The monoisotopic (exact) mass is 520 g/mol. The topological polar surface area (TPSA) is 88.4 Å². The van der Waals surface area contributed by atoms with Gasteiger partial charge >= 0.3 is 5.97 Å². The first kappa shape index (κ1) is 26.0. The van der Waals surface area contributed by atoms with Crippen molar-refractivity contribution in [3.05, 3.63) is 97.2 Å². The van der Waals surface area contributed by atoms with E-state index in [0.717, 1.165) is 11.1 Å². The van der Waals surface area contributed by atoms with E-state index in [1.807, 2.05) is 37.3 Å². The number of fused-ring (bicyclic) bond motifs is 1. The second-order valence-corrected chi connectivity index (χ2v) is 9.09. The number of carbonyl (C=O) groups excluding carboxylic acids is 1. The first-order valence-electron chi connectivity index (χ1n) is 11.7. The highest BCUT2D eigenvalue weighted by molar-refractivity contribution is 7.07. The van der Waals surface area contributed by atoms with Crippen molar-refractivity contribution < 1.29 is 23.7 Å². The van der Waals surface area contributed by atoms with Crippen LogP contribution in [0.15, 0.2) is 76.2 Å². The van der Waals surface area contributed by atoms with E-state index in [2.05, 4.69) is 11.6 Å². The number of carbonyl (C=O) groups is 1. The van der Waals surface area contributed by atoms with Crippen molar-refractivity contribution in [1.82, 2.24) is 4.57 Å². The molecule has 0 bridgehead atoms. The lowest BCUT2D eigenvalue weighted by Crippen LogP contribution is -2.39. The Bertz CT molecular complexity index is 1530. The van der Waals surface area contributed by atoms with E-state index >= 15 is 0 Å². The van der Waals surface area contributed by atoms with Crippen molar-refractivity contribution in [3.63, 3.8) is 0 Å². The fraction of sp³-hybridized carbons (Fsp3) is 0.250. The van der Waals surface area contributed by atoms with Crippen LogP contribution in [0.25, 0.3) is 6.08 Å². The zero-order valence-electron chi connectivity index (χ0n) is 21.1. The summed E-state index contributed by atoms with van der Waals surface area (Å²) in [7, 11) is 3.12. The zero-order valence-corrected chi connectivity index (χ0v) is 22.0. The van der Waals surface area contributed by atoms with Crippen LogP contribution in [0.3, 0.4) is 0 Å². The van der Waals surface area contributed by atoms with Crippen LogP contribution in [0.4, 0.5) is 0 Å². The summed E-state index contributed by atoms with van der Waals surface area (Å²) < 4.78 is 23.7. The van der Waals surface area contributed by atoms with Gasteiger partial charge < -0.3 is 18.9 Å². The summed E-state index contributed by atoms with van der Waals surface area (Å²) in [6.07, 6.45) is 3.27. The summed E-state index contributed by atoms with van der Waals surface area (Å²) in [5.74, 6) is 1.30. The number of esters is 1. The van der Waals surface area contributed by atoms with E-state index < -0.39 is 12.0 Å². The van der Waals surface area contributed by atoms with Crippen molar-refractivity contribution in [2.24, 2.45) is 4.99 Å². The lowest BCUT2D eigenvalue weighted by Gasteiger charge is -2.24. The Morgan fingerprint density at radius 2 is 1.86 bits per heavy atom. The fourth-order valence-electron chi connectivity index (χ4n) is 4.12. The highest BCUT2D eigenvalue weighted by atomic mass is 32.1. The summed E-state index contributed by atoms with van der Waals surface area (Å²) in [5, 5.41) is 0. The Labute approximate surface area is 218 Å². The Kier molecular flexibility index (Phi) is 7.93. The Morgan fingerprint density at radius 1 is 1.14 bits per heavy atom. The maximum Gasteiger partial charge on any atom is 0.338 e. The van der Waals surface area contributed by atoms with Crippen LogP contribution in [0.1, 0.15) is 31.0 Å². The van der Waals surface area contributed by atoms with Crippen LogP contribution in [-0.4, -0.2) is 38.0 Å². The van der Waals surface area contributed by atoms with Crippen molar-refractivity contribution in [1.29, 1.82) is 0 Å². The molecule has 0 N–H and O–H groups in total. The maximum atomic E-state index is 13.7. The summed E-state index contributed by atoms with van der Waals surface area (Å²) in [4.78, 5) is 32.0. The van der Waals surface area contributed by atoms with Crippen LogP contribution < -0.4 is 29.1 Å². The van der Waals surface area contributed by atoms with E-state index in [1.54, 1.807) is 43.9 Å². The molecule has 37 heavy (non-hydrogen) atoms. The van der Waals surface area contributed by atoms with Gasteiger partial charge in [0.15, 0.2) is 16.3 Å². The Balaban J connectivity index is 1.89. The van der Waals surface area contributed by atoms with Crippen molar-refractivity contribution in [2.45, 2.75) is 19.9 Å². The third-order valence-electron chi connectivity index (χ3n) is 5.79. The normalized spacial score (nSPS) is 15.0. The molecular weight excluding hydrogens is 492 g/mol. The van der Waals surface area contributed by atoms with Crippen LogP contribution in [0.2, 0.25) is 0 Å². The van der Waals surface area contributed by atoms with Crippen molar-refractivity contribution in [2.75, 3.05) is 27.4 Å². The van der Waals surface area contributed by atoms with Gasteiger partial charge in [-0.15, -0.1) is 0 Å². The van der Waals surface area contributed by atoms with Crippen LogP contribution >= 0.6 is 11.3 Å². The summed E-state index contributed by atoms with van der Waals surface area (Å²) in [5.41, 5.74) is 2.03. The van der Waals surface area contributed by atoms with Gasteiger partial charge in [0, 0.05) is 0 Å². The van der Waals surface area contributed by atoms with Gasteiger partial charge in [-0.2, -0.15) is 0 Å². The molecule has 2 heterocycles. The molecule has 1 unspecified atom stereocenters. The average Bonchev–Trinajstić information content (AvgIpc) is 3.21. The van der Waals surface area contributed by atoms with E-state index in [4.69, 9.17) is 18.9 Å². The molecule has 0 amide bonds. The molecule has 1 aromatic heterocycles. The Hall–Kier alpha value is -4.11. The molecule has 192 valence electrons. The maximum absolute atomic E-state index is 13.7. The number of aromatic nitrogens is 1. The third kappa shape index (κ3) is 5.22. The van der Waals surface area contributed by atoms with Crippen molar-refractivity contribution in [3.8, 4) is 17.2 Å². The molecule has 3 aromatic rings. The molecule has 0 fully saturated rings. The SMILES string of the molecule is C=CCOC(=O)C1=C(C)N=c2s/c(=C\c3ccc(OC)c(OC)c3)c(=O)n2C1c1ccc(OCC)cc1. The van der Waals surface area contributed by atoms with E-state index in [-0.39, 0.29) is 12.2 Å². The highest BCUT2D eigenvalue weighted by Gasteiger charge is 2.33. The molecule has 1 aliphatic heterocycles. The quantitative estimate of drug-likeness (QED) is 0.318. The predicted octanol–water partition coefficient (Wildman–Crippen LogP) is 3.38. The lowest BCUT2D eigenvalue weighted by molar-refractivity contribution is -0.138. The van der Waals surface area contributed by atoms with Gasteiger partial charge in [0.2, 0.25) is 0 Å². The third-order valence-corrected chi connectivity index (χ3v) is 6.77. The number of hydrogen-bond donors (Lipinski definition) is 0. The zero-order chi connectivity index (χ0) is 26.5. The summed E-state index contributed by atoms with van der Waals surface area (Å²) in [6, 6.07) is 12.0. The molecular formula is C28H28N2O6S. The second kappa shape index (κ2) is 11.3. The van der Waals surface area contributed by atoms with Crippen LogP contribution in [0, 0.1) is 0 Å². The number of allylic oxidation sites excluding steroid dienone is 1. The Morgan fingerprint density at radius 3 is 2.51 bits per heavy atom. The van der Waals surface area contributed by atoms with Crippen molar-refractivity contribution >= 4 is 23.4 Å². The molecule has 4 rings (SSSR count). The molecule has 1 atom stereocenters. The number of thiazole rings is 1. The van der Waals surface area contributed by atoms with E-state index in [1.165, 1.54) is 17.4 Å². The number of nitrogens with zero attached hydrogens (tertiary/aromatic N) is 2. The minimum absolute atomic E-state index is 0.0509. The smallest absolute Gasteiger partial charge is 0.338 e. The first-order valence-corrected chi connectivity index (χ1v) is 12.5. The van der Waals surface area contributed by atoms with E-state index in [9.17, 15) is 9.59 Å².